The fraction of sp³-hybridized carbons (Fsp3) is 0.200. The Labute approximate surface area is 135 Å². The smallest absolute Gasteiger partial charge is 0.274 e. The first-order valence-electron chi connectivity index (χ1n) is 6.31. The van der Waals surface area contributed by atoms with E-state index < -0.39 is 6.10 Å². The third-order valence-corrected chi connectivity index (χ3v) is 4.55. The third kappa shape index (κ3) is 4.30. The molecular formula is C15H14BrNO3S. The summed E-state index contributed by atoms with van der Waals surface area (Å²) in [5, 5.41) is 20.5. The van der Waals surface area contributed by atoms with Gasteiger partial charge in [0.25, 0.3) is 5.69 Å². The number of nitrogens with zero attached hydrogens (tertiary/aromatic N) is 1. The number of benzene rings is 2. The molecule has 2 aromatic rings. The van der Waals surface area contributed by atoms with Crippen molar-refractivity contribution >= 4 is 33.4 Å². The lowest BCUT2D eigenvalue weighted by molar-refractivity contribution is -0.385. The zero-order valence-electron chi connectivity index (χ0n) is 11.3. The average Bonchev–Trinajstić information content (AvgIpc) is 2.46. The van der Waals surface area contributed by atoms with Crippen molar-refractivity contribution in [3.8, 4) is 0 Å². The molecule has 0 fully saturated rings. The van der Waals surface area contributed by atoms with Crippen LogP contribution in [0.25, 0.3) is 0 Å². The van der Waals surface area contributed by atoms with Gasteiger partial charge in [-0.25, -0.2) is 0 Å². The second kappa shape index (κ2) is 7.06. The Kier molecular flexibility index (Phi) is 5.39. The van der Waals surface area contributed by atoms with Gasteiger partial charge in [-0.05, 0) is 30.7 Å². The monoisotopic (exact) mass is 367 g/mol. The molecule has 2 rings (SSSR count). The van der Waals surface area contributed by atoms with Gasteiger partial charge in [0.15, 0.2) is 0 Å². The Morgan fingerprint density at radius 3 is 2.52 bits per heavy atom. The lowest BCUT2D eigenvalue weighted by Gasteiger charge is -2.07. The maximum Gasteiger partial charge on any atom is 0.274 e. The SMILES string of the molecule is CC(O)c1ccc(SCc2ccc(Br)cc2[N+](=O)[O-])cc1. The molecule has 0 amide bonds. The zero-order valence-corrected chi connectivity index (χ0v) is 13.7. The van der Waals surface area contributed by atoms with E-state index in [9.17, 15) is 15.2 Å². The van der Waals surface area contributed by atoms with Gasteiger partial charge in [0, 0.05) is 26.8 Å². The van der Waals surface area contributed by atoms with E-state index in [0.29, 0.717) is 15.8 Å². The molecule has 6 heteroatoms. The van der Waals surface area contributed by atoms with Gasteiger partial charge in [-0.15, -0.1) is 11.8 Å². The molecule has 0 aliphatic carbocycles. The van der Waals surface area contributed by atoms with Crippen LogP contribution in [0.15, 0.2) is 51.8 Å². The van der Waals surface area contributed by atoms with E-state index in [2.05, 4.69) is 15.9 Å². The molecule has 0 saturated heterocycles. The molecule has 1 N–H and O–H groups in total. The first kappa shape index (κ1) is 16.0. The number of aliphatic hydroxyl groups excluding tert-OH is 1. The van der Waals surface area contributed by atoms with Crippen LogP contribution in [0.1, 0.15) is 24.2 Å². The summed E-state index contributed by atoms with van der Waals surface area (Å²) in [5.74, 6) is 0.525. The largest absolute Gasteiger partial charge is 0.389 e. The second-order valence-electron chi connectivity index (χ2n) is 4.56. The van der Waals surface area contributed by atoms with Crippen molar-refractivity contribution in [1.29, 1.82) is 0 Å². The highest BCUT2D eigenvalue weighted by molar-refractivity contribution is 9.10. The molecule has 0 aliphatic heterocycles. The predicted octanol–water partition coefficient (Wildman–Crippen LogP) is 4.70. The van der Waals surface area contributed by atoms with Crippen molar-refractivity contribution in [2.24, 2.45) is 0 Å². The predicted molar refractivity (Wildman–Crippen MR) is 87.4 cm³/mol. The number of aliphatic hydroxyl groups is 1. The highest BCUT2D eigenvalue weighted by atomic mass is 79.9. The minimum atomic E-state index is -0.489. The Balaban J connectivity index is 2.11. The number of hydrogen-bond acceptors (Lipinski definition) is 4. The third-order valence-electron chi connectivity index (χ3n) is 3.00. The van der Waals surface area contributed by atoms with Gasteiger partial charge >= 0.3 is 0 Å². The number of rotatable bonds is 5. The van der Waals surface area contributed by atoms with Crippen LogP contribution in [0.5, 0.6) is 0 Å². The summed E-state index contributed by atoms with van der Waals surface area (Å²) in [6.45, 7) is 1.72. The summed E-state index contributed by atoms with van der Waals surface area (Å²) < 4.78 is 0.698. The van der Waals surface area contributed by atoms with Gasteiger partial charge in [-0.2, -0.15) is 0 Å². The average molecular weight is 368 g/mol. The minimum Gasteiger partial charge on any atom is -0.389 e. The van der Waals surface area contributed by atoms with Gasteiger partial charge in [-0.1, -0.05) is 34.1 Å². The van der Waals surface area contributed by atoms with Crippen LogP contribution in [0.4, 0.5) is 5.69 Å². The number of thioether (sulfide) groups is 1. The zero-order chi connectivity index (χ0) is 15.4. The topological polar surface area (TPSA) is 63.4 Å². The van der Waals surface area contributed by atoms with Crippen molar-refractivity contribution in [3.63, 3.8) is 0 Å². The van der Waals surface area contributed by atoms with E-state index in [4.69, 9.17) is 0 Å². The van der Waals surface area contributed by atoms with E-state index in [-0.39, 0.29) is 10.6 Å². The fourth-order valence-electron chi connectivity index (χ4n) is 1.83. The van der Waals surface area contributed by atoms with Crippen LogP contribution in [0.3, 0.4) is 0 Å². The van der Waals surface area contributed by atoms with E-state index in [1.165, 1.54) is 17.8 Å². The van der Waals surface area contributed by atoms with Crippen molar-refractivity contribution in [2.45, 2.75) is 23.7 Å². The summed E-state index contributed by atoms with van der Waals surface area (Å²) in [7, 11) is 0. The molecule has 0 bridgehead atoms. The molecule has 21 heavy (non-hydrogen) atoms. The van der Waals surface area contributed by atoms with E-state index in [0.717, 1.165) is 10.5 Å². The quantitative estimate of drug-likeness (QED) is 0.472. The molecule has 110 valence electrons. The van der Waals surface area contributed by atoms with E-state index >= 15 is 0 Å². The molecule has 0 heterocycles. The molecule has 0 aliphatic rings. The standard InChI is InChI=1S/C15H14BrNO3S/c1-10(18)11-3-6-14(7-4-11)21-9-12-2-5-13(16)8-15(12)17(19)20/h2-8,10,18H,9H2,1H3. The molecule has 0 saturated carbocycles. The first-order valence-corrected chi connectivity index (χ1v) is 8.09. The van der Waals surface area contributed by atoms with E-state index in [1.807, 2.05) is 24.3 Å². The summed E-state index contributed by atoms with van der Waals surface area (Å²) in [5.41, 5.74) is 1.67. The van der Waals surface area contributed by atoms with Crippen molar-refractivity contribution < 1.29 is 10.0 Å². The molecule has 1 atom stereocenters. The van der Waals surface area contributed by atoms with Crippen LogP contribution in [0.2, 0.25) is 0 Å². The van der Waals surface area contributed by atoms with Crippen LogP contribution in [-0.4, -0.2) is 10.0 Å². The molecule has 1 unspecified atom stereocenters. The lowest BCUT2D eigenvalue weighted by atomic mass is 10.1. The molecule has 4 nitrogen and oxygen atoms in total. The molecular weight excluding hydrogens is 354 g/mol. The Morgan fingerprint density at radius 2 is 1.95 bits per heavy atom. The van der Waals surface area contributed by atoms with Crippen LogP contribution in [0, 0.1) is 10.1 Å². The van der Waals surface area contributed by atoms with Crippen LogP contribution >= 0.6 is 27.7 Å². The number of hydrogen-bond donors (Lipinski definition) is 1. The van der Waals surface area contributed by atoms with Crippen molar-refractivity contribution in [3.05, 3.63) is 68.2 Å². The number of nitro benzene ring substituents is 1. The van der Waals surface area contributed by atoms with Gasteiger partial charge < -0.3 is 5.11 Å². The van der Waals surface area contributed by atoms with Crippen molar-refractivity contribution in [2.75, 3.05) is 0 Å². The van der Waals surface area contributed by atoms with E-state index in [1.54, 1.807) is 19.1 Å². The molecule has 0 aromatic heterocycles. The second-order valence-corrected chi connectivity index (χ2v) is 6.53. The highest BCUT2D eigenvalue weighted by Crippen LogP contribution is 2.30. The van der Waals surface area contributed by atoms with Gasteiger partial charge in [0.05, 0.1) is 11.0 Å². The summed E-state index contributed by atoms with van der Waals surface area (Å²) >= 11 is 4.78. The fourth-order valence-corrected chi connectivity index (χ4v) is 3.08. The normalized spacial score (nSPS) is 12.1. The van der Waals surface area contributed by atoms with Crippen molar-refractivity contribution in [1.82, 2.24) is 0 Å². The highest BCUT2D eigenvalue weighted by Gasteiger charge is 2.14. The lowest BCUT2D eigenvalue weighted by Crippen LogP contribution is -1.94. The molecule has 0 spiro atoms. The van der Waals surface area contributed by atoms with Gasteiger partial charge in [0.2, 0.25) is 0 Å². The maximum absolute atomic E-state index is 11.1. The van der Waals surface area contributed by atoms with Crippen LogP contribution < -0.4 is 0 Å². The van der Waals surface area contributed by atoms with Gasteiger partial charge in [-0.3, -0.25) is 10.1 Å². The maximum atomic E-state index is 11.1. The Bertz CT molecular complexity index is 644. The Morgan fingerprint density at radius 1 is 1.29 bits per heavy atom. The molecule has 0 radical (unpaired) electrons. The molecule has 2 aromatic carbocycles. The minimum absolute atomic E-state index is 0.123. The number of halogens is 1. The van der Waals surface area contributed by atoms with Crippen LogP contribution in [-0.2, 0) is 5.75 Å². The van der Waals surface area contributed by atoms with Gasteiger partial charge in [0.1, 0.15) is 0 Å². The summed E-state index contributed by atoms with van der Waals surface area (Å²) in [4.78, 5) is 11.7. The summed E-state index contributed by atoms with van der Waals surface area (Å²) in [6.07, 6.45) is -0.489. The Hall–Kier alpha value is -1.37. The number of nitro groups is 1. The summed E-state index contributed by atoms with van der Waals surface area (Å²) in [6, 6.07) is 12.6. The first-order chi connectivity index (χ1) is 9.97.